The van der Waals surface area contributed by atoms with Gasteiger partial charge in [0.25, 0.3) is 0 Å². The number of hydrogen-bond acceptors (Lipinski definition) is 7. The van der Waals surface area contributed by atoms with Gasteiger partial charge in [-0.3, -0.25) is 0 Å². The minimum atomic E-state index is -0.288. The largest absolute Gasteiger partial charge is 0.368 e. The fourth-order valence-corrected chi connectivity index (χ4v) is 3.02. The fraction of sp³-hybridized carbons (Fsp3) is 0.471. The zero-order chi connectivity index (χ0) is 17.8. The van der Waals surface area contributed by atoms with Crippen LogP contribution in [-0.4, -0.2) is 33.6 Å². The molecule has 1 aliphatic heterocycles. The average Bonchev–Trinajstić information content (AvgIpc) is 3.10. The molecule has 25 heavy (non-hydrogen) atoms. The van der Waals surface area contributed by atoms with Crippen molar-refractivity contribution >= 4 is 23.5 Å². The molecule has 0 aliphatic carbocycles. The van der Waals surface area contributed by atoms with Crippen molar-refractivity contribution in [1.29, 1.82) is 0 Å². The van der Waals surface area contributed by atoms with Crippen molar-refractivity contribution in [1.82, 2.24) is 20.3 Å². The second-order valence-electron chi connectivity index (χ2n) is 6.29. The van der Waals surface area contributed by atoms with Crippen molar-refractivity contribution in [2.24, 2.45) is 0 Å². The molecule has 1 aromatic carbocycles. The lowest BCUT2D eigenvalue weighted by molar-refractivity contribution is 0.496. The van der Waals surface area contributed by atoms with E-state index in [0.717, 1.165) is 19.4 Å². The third-order valence-corrected chi connectivity index (χ3v) is 4.42. The number of nitrogens with one attached hydrogen (secondary N) is 3. The summed E-state index contributed by atoms with van der Waals surface area (Å²) in [5, 5.41) is 9.80. The van der Waals surface area contributed by atoms with E-state index in [2.05, 4.69) is 37.8 Å². The van der Waals surface area contributed by atoms with Crippen LogP contribution in [0.15, 0.2) is 18.2 Å². The summed E-state index contributed by atoms with van der Waals surface area (Å²) in [7, 11) is 0. The lowest BCUT2D eigenvalue weighted by atomic mass is 10.0. The van der Waals surface area contributed by atoms with Gasteiger partial charge in [0, 0.05) is 17.8 Å². The van der Waals surface area contributed by atoms with E-state index in [-0.39, 0.29) is 23.8 Å². The Morgan fingerprint density at radius 3 is 2.80 bits per heavy atom. The van der Waals surface area contributed by atoms with E-state index < -0.39 is 0 Å². The number of hydrogen-bond donors (Lipinski definition) is 4. The summed E-state index contributed by atoms with van der Waals surface area (Å²) >= 11 is 0. The number of halogens is 1. The number of nitrogens with two attached hydrogens (primary N) is 1. The molecule has 0 spiro atoms. The van der Waals surface area contributed by atoms with Crippen LogP contribution in [0.1, 0.15) is 31.7 Å². The number of anilines is 4. The predicted octanol–water partition coefficient (Wildman–Crippen LogP) is 2.59. The predicted molar refractivity (Wildman–Crippen MR) is 97.4 cm³/mol. The van der Waals surface area contributed by atoms with Crippen molar-refractivity contribution in [3.8, 4) is 0 Å². The van der Waals surface area contributed by atoms with Crippen LogP contribution < -0.4 is 21.7 Å². The van der Waals surface area contributed by atoms with E-state index in [1.165, 1.54) is 12.5 Å². The quantitative estimate of drug-likeness (QED) is 0.638. The normalized spacial score (nSPS) is 18.1. The smallest absolute Gasteiger partial charge is 0.233 e. The number of rotatable bonds is 6. The third-order valence-electron chi connectivity index (χ3n) is 4.42. The summed E-state index contributed by atoms with van der Waals surface area (Å²) in [6.45, 7) is 4.87. The zero-order valence-corrected chi connectivity index (χ0v) is 14.5. The highest BCUT2D eigenvalue weighted by Gasteiger charge is 2.24. The van der Waals surface area contributed by atoms with Crippen LogP contribution in [0.4, 0.5) is 27.9 Å². The van der Waals surface area contributed by atoms with Crippen LogP contribution in [0, 0.1) is 12.7 Å². The summed E-state index contributed by atoms with van der Waals surface area (Å²) in [4.78, 5) is 12.6. The van der Waals surface area contributed by atoms with Crippen LogP contribution in [0.3, 0.4) is 0 Å². The average molecular weight is 345 g/mol. The minimum Gasteiger partial charge on any atom is -0.368 e. The SMILES string of the molecule is CCC(Nc1nc(N)nc(Nc2ccc(C)c(F)c2)n1)C1CCCN1. The maximum absolute atomic E-state index is 13.7. The first-order valence-corrected chi connectivity index (χ1v) is 8.60. The molecule has 1 fully saturated rings. The Bertz CT molecular complexity index is 731. The molecule has 2 atom stereocenters. The molecule has 1 aromatic heterocycles. The molecule has 0 amide bonds. The summed E-state index contributed by atoms with van der Waals surface area (Å²) in [6, 6.07) is 5.47. The Kier molecular flexibility index (Phi) is 5.28. The Morgan fingerprint density at radius 2 is 2.12 bits per heavy atom. The van der Waals surface area contributed by atoms with Crippen molar-refractivity contribution in [3.05, 3.63) is 29.6 Å². The van der Waals surface area contributed by atoms with Gasteiger partial charge in [0.15, 0.2) is 0 Å². The molecule has 7 nitrogen and oxygen atoms in total. The van der Waals surface area contributed by atoms with Gasteiger partial charge in [0.05, 0.1) is 0 Å². The maximum Gasteiger partial charge on any atom is 0.233 e. The van der Waals surface area contributed by atoms with E-state index in [0.29, 0.717) is 23.2 Å². The molecule has 2 unspecified atom stereocenters. The highest BCUT2D eigenvalue weighted by molar-refractivity contribution is 5.56. The topological polar surface area (TPSA) is 101 Å². The molecule has 1 aliphatic rings. The molecule has 0 saturated carbocycles. The number of aromatic nitrogens is 3. The third kappa shape index (κ3) is 4.33. The zero-order valence-electron chi connectivity index (χ0n) is 14.5. The van der Waals surface area contributed by atoms with Crippen molar-refractivity contribution in [2.75, 3.05) is 22.9 Å². The molecule has 0 radical (unpaired) electrons. The van der Waals surface area contributed by atoms with E-state index in [4.69, 9.17) is 5.73 Å². The lowest BCUT2D eigenvalue weighted by Crippen LogP contribution is -2.40. The first-order valence-electron chi connectivity index (χ1n) is 8.60. The van der Waals surface area contributed by atoms with Crippen molar-refractivity contribution < 1.29 is 4.39 Å². The Morgan fingerprint density at radius 1 is 1.32 bits per heavy atom. The van der Waals surface area contributed by atoms with E-state index in [1.54, 1.807) is 19.1 Å². The van der Waals surface area contributed by atoms with E-state index in [9.17, 15) is 4.39 Å². The molecule has 0 bridgehead atoms. The summed E-state index contributed by atoms with van der Waals surface area (Å²) in [6.07, 6.45) is 3.24. The maximum atomic E-state index is 13.7. The molecule has 2 heterocycles. The number of nitrogens with zero attached hydrogens (tertiary/aromatic N) is 3. The Labute approximate surface area is 146 Å². The lowest BCUT2D eigenvalue weighted by Gasteiger charge is -2.23. The highest BCUT2D eigenvalue weighted by atomic mass is 19.1. The summed E-state index contributed by atoms with van der Waals surface area (Å²) in [5.74, 6) is 0.529. The first kappa shape index (κ1) is 17.3. The van der Waals surface area contributed by atoms with Crippen molar-refractivity contribution in [2.45, 2.75) is 45.2 Å². The van der Waals surface area contributed by atoms with Crippen molar-refractivity contribution in [3.63, 3.8) is 0 Å². The number of nitrogen functional groups attached to an aromatic ring is 1. The Hall–Kier alpha value is -2.48. The molecule has 8 heteroatoms. The Balaban J connectivity index is 1.76. The molecular weight excluding hydrogens is 321 g/mol. The molecular formula is C17H24FN7. The molecule has 3 rings (SSSR count). The fourth-order valence-electron chi connectivity index (χ4n) is 3.02. The van der Waals surface area contributed by atoms with Gasteiger partial charge in [-0.2, -0.15) is 15.0 Å². The van der Waals surface area contributed by atoms with E-state index >= 15 is 0 Å². The summed E-state index contributed by atoms with van der Waals surface area (Å²) in [5.41, 5.74) is 6.95. The van der Waals surface area contributed by atoms with E-state index in [1.807, 2.05) is 0 Å². The monoisotopic (exact) mass is 345 g/mol. The van der Waals surface area contributed by atoms with Crippen LogP contribution in [-0.2, 0) is 0 Å². The minimum absolute atomic E-state index is 0.113. The molecule has 2 aromatic rings. The van der Waals surface area contributed by atoms with Gasteiger partial charge in [-0.1, -0.05) is 13.0 Å². The van der Waals surface area contributed by atoms with Gasteiger partial charge in [0.1, 0.15) is 5.82 Å². The number of benzene rings is 1. The first-order chi connectivity index (χ1) is 12.0. The van der Waals surface area contributed by atoms with Crippen LogP contribution in [0.2, 0.25) is 0 Å². The van der Waals surface area contributed by atoms with Gasteiger partial charge >= 0.3 is 0 Å². The van der Waals surface area contributed by atoms with Gasteiger partial charge < -0.3 is 21.7 Å². The van der Waals surface area contributed by atoms with Gasteiger partial charge in [0.2, 0.25) is 17.8 Å². The number of aryl methyl sites for hydroxylation is 1. The van der Waals surface area contributed by atoms with Gasteiger partial charge in [-0.15, -0.1) is 0 Å². The van der Waals surface area contributed by atoms with Crippen LogP contribution in [0.5, 0.6) is 0 Å². The second kappa shape index (κ2) is 7.60. The molecule has 5 N–H and O–H groups in total. The molecule has 134 valence electrons. The van der Waals surface area contributed by atoms with Gasteiger partial charge in [-0.05, 0) is 50.4 Å². The van der Waals surface area contributed by atoms with Crippen LogP contribution in [0.25, 0.3) is 0 Å². The standard InChI is InChI=1S/C17H24FN7/c1-3-13(14-5-4-8-20-14)22-17-24-15(19)23-16(25-17)21-11-7-6-10(2)12(18)9-11/h6-7,9,13-14,20H,3-5,8H2,1-2H3,(H4,19,21,22,23,24,25). The second-order valence-corrected chi connectivity index (χ2v) is 6.29. The highest BCUT2D eigenvalue weighted by Crippen LogP contribution is 2.20. The van der Waals surface area contributed by atoms with Gasteiger partial charge in [-0.25, -0.2) is 4.39 Å². The summed E-state index contributed by atoms with van der Waals surface area (Å²) < 4.78 is 13.7. The van der Waals surface area contributed by atoms with Crippen LogP contribution >= 0.6 is 0 Å². The molecule has 1 saturated heterocycles.